The third-order valence-electron chi connectivity index (χ3n) is 2.85. The summed E-state index contributed by atoms with van der Waals surface area (Å²) < 4.78 is 22.1. The Labute approximate surface area is 104 Å². The second kappa shape index (κ2) is 3.92. The van der Waals surface area contributed by atoms with Crippen LogP contribution in [0.1, 0.15) is 16.8 Å². The van der Waals surface area contributed by atoms with Gasteiger partial charge in [-0.2, -0.15) is 0 Å². The van der Waals surface area contributed by atoms with Gasteiger partial charge in [0.2, 0.25) is 9.05 Å². The lowest BCUT2D eigenvalue weighted by atomic mass is 10.1. The molecular formula is C11H12ClNO3S. The summed E-state index contributed by atoms with van der Waals surface area (Å²) in [6.07, 6.45) is 0. The molecule has 0 aliphatic heterocycles. The molecule has 1 aromatic carbocycles. The van der Waals surface area contributed by atoms with Gasteiger partial charge in [0.25, 0.3) is 0 Å². The molecule has 0 aliphatic rings. The highest BCUT2D eigenvalue weighted by Crippen LogP contribution is 2.33. The number of hydrogen-bond donors (Lipinski definition) is 2. The van der Waals surface area contributed by atoms with E-state index in [-0.39, 0.29) is 11.5 Å². The van der Waals surface area contributed by atoms with Crippen LogP contribution in [0, 0.1) is 13.8 Å². The van der Waals surface area contributed by atoms with Crippen molar-refractivity contribution in [3.05, 3.63) is 29.0 Å². The van der Waals surface area contributed by atoms with Crippen molar-refractivity contribution in [3.8, 4) is 5.75 Å². The van der Waals surface area contributed by atoms with Crippen LogP contribution in [0.3, 0.4) is 0 Å². The summed E-state index contributed by atoms with van der Waals surface area (Å²) in [5, 5.41) is 10.7. The Morgan fingerprint density at radius 1 is 1.35 bits per heavy atom. The first-order valence-electron chi connectivity index (χ1n) is 5.01. The van der Waals surface area contributed by atoms with E-state index in [2.05, 4.69) is 4.98 Å². The summed E-state index contributed by atoms with van der Waals surface area (Å²) in [5.74, 6) is -0.395. The highest BCUT2D eigenvalue weighted by molar-refractivity contribution is 8.13. The Hall–Kier alpha value is -1.20. The minimum atomic E-state index is -3.67. The van der Waals surface area contributed by atoms with Crippen LogP contribution >= 0.6 is 10.7 Å². The number of fused-ring (bicyclic) bond motifs is 1. The Kier molecular flexibility index (Phi) is 2.83. The van der Waals surface area contributed by atoms with E-state index in [0.717, 1.165) is 16.8 Å². The van der Waals surface area contributed by atoms with Crippen LogP contribution < -0.4 is 0 Å². The summed E-state index contributed by atoms with van der Waals surface area (Å²) in [6, 6.07) is 3.30. The van der Waals surface area contributed by atoms with E-state index in [1.165, 1.54) is 0 Å². The largest absolute Gasteiger partial charge is 0.507 e. The number of hydrogen-bond acceptors (Lipinski definition) is 3. The van der Waals surface area contributed by atoms with Crippen molar-refractivity contribution in [3.63, 3.8) is 0 Å². The molecule has 0 bridgehead atoms. The molecule has 2 N–H and O–H groups in total. The number of phenols is 1. The quantitative estimate of drug-likeness (QED) is 0.826. The number of phenolic OH excluding ortho intramolecular Hbond substituents is 1. The van der Waals surface area contributed by atoms with Gasteiger partial charge in [-0.3, -0.25) is 0 Å². The fourth-order valence-corrected chi connectivity index (χ4v) is 2.86. The van der Waals surface area contributed by atoms with Crippen LogP contribution in [0.25, 0.3) is 10.9 Å². The lowest BCUT2D eigenvalue weighted by Gasteiger charge is -2.04. The van der Waals surface area contributed by atoms with Gasteiger partial charge < -0.3 is 10.1 Å². The lowest BCUT2D eigenvalue weighted by molar-refractivity contribution is 0.476. The summed E-state index contributed by atoms with van der Waals surface area (Å²) in [5.41, 5.74) is 2.95. The molecule has 1 aromatic heterocycles. The van der Waals surface area contributed by atoms with Gasteiger partial charge in [-0.25, -0.2) is 8.42 Å². The van der Waals surface area contributed by atoms with Crippen molar-refractivity contribution in [2.24, 2.45) is 0 Å². The fraction of sp³-hybridized carbons (Fsp3) is 0.273. The second-order valence-electron chi connectivity index (χ2n) is 4.05. The maximum absolute atomic E-state index is 11.0. The molecule has 17 heavy (non-hydrogen) atoms. The van der Waals surface area contributed by atoms with Gasteiger partial charge in [0, 0.05) is 32.8 Å². The number of halogens is 1. The maximum atomic E-state index is 11.0. The summed E-state index contributed by atoms with van der Waals surface area (Å²) in [7, 11) is 1.52. The van der Waals surface area contributed by atoms with Crippen molar-refractivity contribution < 1.29 is 13.5 Å². The zero-order valence-corrected chi connectivity index (χ0v) is 11.0. The van der Waals surface area contributed by atoms with Crippen LogP contribution in [-0.2, 0) is 14.8 Å². The van der Waals surface area contributed by atoms with Crippen molar-refractivity contribution in [2.75, 3.05) is 0 Å². The lowest BCUT2D eigenvalue weighted by Crippen LogP contribution is -1.95. The third kappa shape index (κ3) is 2.25. The maximum Gasteiger partial charge on any atom is 0.236 e. The van der Waals surface area contributed by atoms with E-state index >= 15 is 0 Å². The monoisotopic (exact) mass is 273 g/mol. The second-order valence-corrected chi connectivity index (χ2v) is 6.83. The van der Waals surface area contributed by atoms with Crippen molar-refractivity contribution in [1.82, 2.24) is 4.98 Å². The van der Waals surface area contributed by atoms with E-state index in [4.69, 9.17) is 10.7 Å². The number of rotatable bonds is 2. The number of aromatic nitrogens is 1. The molecule has 0 saturated heterocycles. The Morgan fingerprint density at radius 3 is 2.59 bits per heavy atom. The van der Waals surface area contributed by atoms with Gasteiger partial charge in [0.05, 0.1) is 5.75 Å². The molecule has 2 rings (SSSR count). The van der Waals surface area contributed by atoms with E-state index < -0.39 is 9.05 Å². The van der Waals surface area contributed by atoms with E-state index in [1.807, 2.05) is 13.8 Å². The number of aromatic amines is 1. The molecule has 0 radical (unpaired) electrons. The van der Waals surface area contributed by atoms with Crippen LogP contribution in [0.15, 0.2) is 12.1 Å². The SMILES string of the molecule is Cc1[nH]c2ccc(CS(=O)(=O)Cl)c(O)c2c1C. The molecule has 92 valence electrons. The molecule has 0 saturated carbocycles. The van der Waals surface area contributed by atoms with Crippen molar-refractivity contribution in [2.45, 2.75) is 19.6 Å². The third-order valence-corrected chi connectivity index (χ3v) is 3.83. The van der Waals surface area contributed by atoms with Crippen LogP contribution in [0.5, 0.6) is 5.75 Å². The molecule has 0 fully saturated rings. The van der Waals surface area contributed by atoms with E-state index in [1.54, 1.807) is 12.1 Å². The molecular weight excluding hydrogens is 262 g/mol. The highest BCUT2D eigenvalue weighted by Gasteiger charge is 2.16. The first kappa shape index (κ1) is 12.3. The molecule has 4 nitrogen and oxygen atoms in total. The number of H-pyrrole nitrogens is 1. The van der Waals surface area contributed by atoms with E-state index in [9.17, 15) is 13.5 Å². The van der Waals surface area contributed by atoms with Crippen molar-refractivity contribution >= 4 is 30.6 Å². The zero-order chi connectivity index (χ0) is 12.8. The molecule has 0 unspecified atom stereocenters. The highest BCUT2D eigenvalue weighted by atomic mass is 35.7. The number of aromatic hydroxyl groups is 1. The average molecular weight is 274 g/mol. The molecule has 0 aliphatic carbocycles. The molecule has 2 aromatic rings. The normalized spacial score (nSPS) is 12.2. The summed E-state index contributed by atoms with van der Waals surface area (Å²) >= 11 is 0. The van der Waals surface area contributed by atoms with Gasteiger partial charge in [0.15, 0.2) is 0 Å². The molecule has 0 amide bonds. The molecule has 0 atom stereocenters. The molecule has 0 spiro atoms. The predicted molar refractivity (Wildman–Crippen MR) is 67.9 cm³/mol. The molecule has 6 heteroatoms. The first-order chi connectivity index (χ1) is 7.79. The van der Waals surface area contributed by atoms with Gasteiger partial charge in [-0.15, -0.1) is 0 Å². The Morgan fingerprint density at radius 2 is 2.00 bits per heavy atom. The zero-order valence-electron chi connectivity index (χ0n) is 9.41. The van der Waals surface area contributed by atoms with E-state index in [0.29, 0.717) is 10.9 Å². The van der Waals surface area contributed by atoms with Crippen molar-refractivity contribution in [1.29, 1.82) is 0 Å². The topological polar surface area (TPSA) is 70.2 Å². The average Bonchev–Trinajstić information content (AvgIpc) is 2.47. The first-order valence-corrected chi connectivity index (χ1v) is 7.49. The summed E-state index contributed by atoms with van der Waals surface area (Å²) in [4.78, 5) is 3.12. The van der Waals surface area contributed by atoms with Crippen LogP contribution in [0.4, 0.5) is 0 Å². The Bertz CT molecular complexity index is 688. The summed E-state index contributed by atoms with van der Waals surface area (Å²) in [6.45, 7) is 3.76. The molecule has 1 heterocycles. The van der Waals surface area contributed by atoms with Gasteiger partial charge >= 0.3 is 0 Å². The minimum absolute atomic E-state index is 0.0198. The number of nitrogens with one attached hydrogen (secondary N) is 1. The minimum Gasteiger partial charge on any atom is -0.507 e. The van der Waals surface area contributed by atoms with Gasteiger partial charge in [-0.05, 0) is 25.5 Å². The van der Waals surface area contributed by atoms with Gasteiger partial charge in [0.1, 0.15) is 5.75 Å². The Balaban J connectivity index is 2.69. The fourth-order valence-electron chi connectivity index (χ4n) is 1.90. The number of benzene rings is 1. The smallest absolute Gasteiger partial charge is 0.236 e. The van der Waals surface area contributed by atoms with Crippen LogP contribution in [0.2, 0.25) is 0 Å². The standard InChI is InChI=1S/C11H12ClNO3S/c1-6-7(2)13-9-4-3-8(5-17(12,15)16)11(14)10(6)9/h3-4,13-14H,5H2,1-2H3. The predicted octanol–water partition coefficient (Wildman–Crippen LogP) is 2.56. The van der Waals surface area contributed by atoms with Gasteiger partial charge in [-0.1, -0.05) is 6.07 Å². The van der Waals surface area contributed by atoms with Crippen LogP contribution in [-0.4, -0.2) is 18.5 Å². The number of aryl methyl sites for hydroxylation is 2.